The van der Waals surface area contributed by atoms with Crippen molar-refractivity contribution in [2.24, 2.45) is 5.92 Å². The van der Waals surface area contributed by atoms with Crippen molar-refractivity contribution >= 4 is 28.5 Å². The summed E-state index contributed by atoms with van der Waals surface area (Å²) >= 11 is 0.663. The van der Waals surface area contributed by atoms with Gasteiger partial charge in [0.05, 0.1) is 16.3 Å². The summed E-state index contributed by atoms with van der Waals surface area (Å²) in [5.74, 6) is 0.302. The van der Waals surface area contributed by atoms with Crippen molar-refractivity contribution in [3.63, 3.8) is 0 Å². The first kappa shape index (κ1) is 22.8. The van der Waals surface area contributed by atoms with E-state index in [-0.39, 0.29) is 6.42 Å². The number of carboxylic acids is 1. The van der Waals surface area contributed by atoms with Crippen molar-refractivity contribution in [1.29, 1.82) is 0 Å². The number of hydrogen-bond acceptors (Lipinski definition) is 5. The number of aromatic nitrogens is 1. The molecule has 0 amide bonds. The third-order valence-electron chi connectivity index (χ3n) is 6.90. The topological polar surface area (TPSA) is 76.5 Å². The monoisotopic (exact) mass is 460 g/mol. The van der Waals surface area contributed by atoms with Gasteiger partial charge in [0.15, 0.2) is 4.90 Å². The second-order valence-electron chi connectivity index (χ2n) is 9.10. The van der Waals surface area contributed by atoms with Gasteiger partial charge in [-0.15, -0.1) is 11.3 Å². The number of hydrogen-bond donors (Lipinski definition) is 1. The Hall–Kier alpha value is -1.41. The summed E-state index contributed by atoms with van der Waals surface area (Å²) in [4.78, 5) is 19.1. The molecule has 31 heavy (non-hydrogen) atoms. The SMILES string of the molecule is CN1CCc2cc(-c3csc([C@H]4CC[C@H](CCC(=O)O)CC4)n3)c([S+](C)[O-])cc2CC1. The molecule has 0 bridgehead atoms. The van der Waals surface area contributed by atoms with Gasteiger partial charge in [-0.2, -0.15) is 0 Å². The lowest BCUT2D eigenvalue weighted by Gasteiger charge is -2.26. The van der Waals surface area contributed by atoms with Crippen LogP contribution in [0.3, 0.4) is 0 Å². The lowest BCUT2D eigenvalue weighted by Crippen LogP contribution is -2.20. The standard InChI is InChI=1S/C24H32N2O3S2/c1-26-11-9-18-13-20(22(31(2)29)14-19(18)10-12-26)21-15-30-24(25-21)17-6-3-16(4-7-17)5-8-23(27)28/h13-17H,3-12H2,1-2H3,(H,27,28)/t16-,17-,31?. The van der Waals surface area contributed by atoms with Crippen LogP contribution in [0.25, 0.3) is 11.3 Å². The maximum atomic E-state index is 12.6. The zero-order valence-electron chi connectivity index (χ0n) is 18.4. The lowest BCUT2D eigenvalue weighted by atomic mass is 9.80. The van der Waals surface area contributed by atoms with Crippen LogP contribution in [0.2, 0.25) is 0 Å². The fourth-order valence-electron chi connectivity index (χ4n) is 4.93. The summed E-state index contributed by atoms with van der Waals surface area (Å²) in [6.45, 7) is 2.09. The molecule has 1 aliphatic carbocycles. The number of nitrogens with zero attached hydrogens (tertiary/aromatic N) is 2. The van der Waals surface area contributed by atoms with Gasteiger partial charge in [-0.25, -0.2) is 4.98 Å². The van der Waals surface area contributed by atoms with Crippen molar-refractivity contribution in [3.05, 3.63) is 33.6 Å². The van der Waals surface area contributed by atoms with Gasteiger partial charge in [0.1, 0.15) is 6.26 Å². The molecule has 1 saturated carbocycles. The highest BCUT2D eigenvalue weighted by atomic mass is 32.2. The Kier molecular flexibility index (Phi) is 7.37. The number of fused-ring (bicyclic) bond motifs is 1. The third-order valence-corrected chi connectivity index (χ3v) is 8.86. The average molecular weight is 461 g/mol. The van der Waals surface area contributed by atoms with E-state index in [1.54, 1.807) is 17.6 Å². The fourth-order valence-corrected chi connectivity index (χ4v) is 6.70. The van der Waals surface area contributed by atoms with E-state index in [9.17, 15) is 9.35 Å². The van der Waals surface area contributed by atoms with E-state index >= 15 is 0 Å². The molecule has 1 aromatic carbocycles. The molecule has 2 heterocycles. The number of carbonyl (C=O) groups is 1. The van der Waals surface area contributed by atoms with Crippen LogP contribution >= 0.6 is 11.3 Å². The maximum Gasteiger partial charge on any atom is 0.303 e. The molecule has 168 valence electrons. The highest BCUT2D eigenvalue weighted by Gasteiger charge is 2.26. The largest absolute Gasteiger partial charge is 0.612 e. The van der Waals surface area contributed by atoms with Gasteiger partial charge in [-0.05, 0) is 92.3 Å². The first-order valence-corrected chi connectivity index (χ1v) is 13.7. The normalized spacial score (nSPS) is 23.2. The van der Waals surface area contributed by atoms with E-state index in [4.69, 9.17) is 10.1 Å². The van der Waals surface area contributed by atoms with Gasteiger partial charge < -0.3 is 14.6 Å². The molecular weight excluding hydrogens is 428 g/mol. The van der Waals surface area contributed by atoms with Gasteiger partial charge in [0, 0.05) is 30.8 Å². The Labute approximate surface area is 192 Å². The molecule has 1 N–H and O–H groups in total. The fraction of sp³-hybridized carbons (Fsp3) is 0.583. The number of benzene rings is 1. The molecule has 5 nitrogen and oxygen atoms in total. The van der Waals surface area contributed by atoms with Gasteiger partial charge in [0.2, 0.25) is 0 Å². The number of thiazole rings is 1. The van der Waals surface area contributed by atoms with Crippen LogP contribution in [0.15, 0.2) is 22.4 Å². The second kappa shape index (κ2) is 10.0. The second-order valence-corrected chi connectivity index (χ2v) is 11.3. The van der Waals surface area contributed by atoms with Crippen LogP contribution in [-0.2, 0) is 28.8 Å². The van der Waals surface area contributed by atoms with E-state index in [2.05, 4.69) is 29.5 Å². The summed E-state index contributed by atoms with van der Waals surface area (Å²) in [5, 5.41) is 12.2. The minimum absolute atomic E-state index is 0.280. The minimum atomic E-state index is -1.06. The maximum absolute atomic E-state index is 12.6. The lowest BCUT2D eigenvalue weighted by molar-refractivity contribution is -0.137. The first-order valence-electron chi connectivity index (χ1n) is 11.3. The van der Waals surface area contributed by atoms with Gasteiger partial charge in [-0.1, -0.05) is 0 Å². The molecule has 4 rings (SSSR count). The molecule has 7 heteroatoms. The van der Waals surface area contributed by atoms with Crippen molar-refractivity contribution in [2.45, 2.75) is 62.2 Å². The van der Waals surface area contributed by atoms with Crippen LogP contribution in [0.1, 0.15) is 60.6 Å². The molecular formula is C24H32N2O3S2. The molecule has 1 fully saturated rings. The Bertz CT molecular complexity index is 920. The highest BCUT2D eigenvalue weighted by molar-refractivity contribution is 7.90. The van der Waals surface area contributed by atoms with E-state index in [0.717, 1.165) is 74.2 Å². The van der Waals surface area contributed by atoms with E-state index in [0.29, 0.717) is 11.8 Å². The highest BCUT2D eigenvalue weighted by Crippen LogP contribution is 2.40. The minimum Gasteiger partial charge on any atom is -0.612 e. The van der Waals surface area contributed by atoms with Crippen LogP contribution in [-0.4, -0.2) is 51.9 Å². The Morgan fingerprint density at radius 1 is 1.23 bits per heavy atom. The number of rotatable bonds is 6. The summed E-state index contributed by atoms with van der Waals surface area (Å²) in [6.07, 6.45) is 9.20. The smallest absolute Gasteiger partial charge is 0.303 e. The van der Waals surface area contributed by atoms with Crippen LogP contribution < -0.4 is 0 Å². The zero-order chi connectivity index (χ0) is 22.0. The average Bonchev–Trinajstić information content (AvgIpc) is 3.17. The number of carboxylic acid groups (broad SMARTS) is 1. The molecule has 0 saturated heterocycles. The Balaban J connectivity index is 1.52. The van der Waals surface area contributed by atoms with Crippen molar-refractivity contribution < 1.29 is 14.5 Å². The summed E-state index contributed by atoms with van der Waals surface area (Å²) in [6, 6.07) is 4.40. The summed E-state index contributed by atoms with van der Waals surface area (Å²) < 4.78 is 12.6. The zero-order valence-corrected chi connectivity index (χ0v) is 20.1. The molecule has 1 atom stereocenters. The van der Waals surface area contributed by atoms with E-state index in [1.165, 1.54) is 16.1 Å². The van der Waals surface area contributed by atoms with Crippen molar-refractivity contribution in [3.8, 4) is 11.3 Å². The number of likely N-dealkylation sites (N-methyl/N-ethyl adjacent to an activating group) is 1. The van der Waals surface area contributed by atoms with E-state index in [1.807, 2.05) is 0 Å². The van der Waals surface area contributed by atoms with Gasteiger partial charge in [-0.3, -0.25) is 4.79 Å². The first-order chi connectivity index (χ1) is 14.9. The Morgan fingerprint density at radius 3 is 2.55 bits per heavy atom. The predicted molar refractivity (Wildman–Crippen MR) is 126 cm³/mol. The van der Waals surface area contributed by atoms with Gasteiger partial charge in [0.25, 0.3) is 0 Å². The number of aliphatic carboxylic acids is 1. The molecule has 2 aliphatic rings. The summed E-state index contributed by atoms with van der Waals surface area (Å²) in [5.41, 5.74) is 4.68. The molecule has 1 aliphatic heterocycles. The molecule has 0 spiro atoms. The molecule has 1 unspecified atom stereocenters. The van der Waals surface area contributed by atoms with Crippen LogP contribution in [0, 0.1) is 5.92 Å². The van der Waals surface area contributed by atoms with Crippen LogP contribution in [0.5, 0.6) is 0 Å². The third kappa shape index (κ3) is 5.51. The molecule has 0 radical (unpaired) electrons. The molecule has 2 aromatic rings. The quantitative estimate of drug-likeness (QED) is 0.632. The van der Waals surface area contributed by atoms with Crippen molar-refractivity contribution in [2.75, 3.05) is 26.4 Å². The van der Waals surface area contributed by atoms with Gasteiger partial charge >= 0.3 is 5.97 Å². The Morgan fingerprint density at radius 2 is 1.90 bits per heavy atom. The predicted octanol–water partition coefficient (Wildman–Crippen LogP) is 4.72. The summed E-state index contributed by atoms with van der Waals surface area (Å²) in [7, 11) is 2.16. The van der Waals surface area contributed by atoms with Crippen LogP contribution in [0.4, 0.5) is 0 Å². The molecule has 1 aromatic heterocycles. The van der Waals surface area contributed by atoms with E-state index < -0.39 is 17.1 Å². The van der Waals surface area contributed by atoms with Crippen molar-refractivity contribution in [1.82, 2.24) is 9.88 Å².